The number of carbonyl (C=O) groups is 3. The van der Waals surface area contributed by atoms with E-state index in [-0.39, 0.29) is 22.2 Å². The summed E-state index contributed by atoms with van der Waals surface area (Å²) in [5.74, 6) is -1.56. The molecule has 24 heavy (non-hydrogen) atoms. The summed E-state index contributed by atoms with van der Waals surface area (Å²) < 4.78 is 0. The number of carbonyl (C=O) groups excluding carboxylic acids is 3. The summed E-state index contributed by atoms with van der Waals surface area (Å²) in [6, 6.07) is 7.74. The molecule has 0 unspecified atom stereocenters. The zero-order valence-corrected chi connectivity index (χ0v) is 13.1. The predicted octanol–water partition coefficient (Wildman–Crippen LogP) is 2.75. The van der Waals surface area contributed by atoms with Gasteiger partial charge >= 0.3 is 6.03 Å². The van der Waals surface area contributed by atoms with E-state index in [4.69, 9.17) is 0 Å². The third-order valence-electron chi connectivity index (χ3n) is 3.90. The van der Waals surface area contributed by atoms with E-state index in [1.807, 2.05) is 6.92 Å². The fourth-order valence-electron chi connectivity index (χ4n) is 2.72. The maximum atomic E-state index is 12.2. The fraction of sp³-hybridized carbons (Fsp3) is 0.235. The minimum atomic E-state index is -0.807. The first kappa shape index (κ1) is 15.9. The van der Waals surface area contributed by atoms with Gasteiger partial charge in [0.25, 0.3) is 11.8 Å². The molecule has 7 heteroatoms. The number of unbranched alkanes of at least 4 members (excludes halogenated alkanes) is 1. The van der Waals surface area contributed by atoms with E-state index in [2.05, 4.69) is 10.6 Å². The molecule has 0 radical (unpaired) electrons. The van der Waals surface area contributed by atoms with E-state index in [0.29, 0.717) is 23.0 Å². The number of hydrogen-bond donors (Lipinski definition) is 3. The average molecular weight is 327 g/mol. The molecule has 0 aliphatic carbocycles. The molecule has 1 heterocycles. The van der Waals surface area contributed by atoms with Crippen LogP contribution in [0.25, 0.3) is 10.8 Å². The predicted molar refractivity (Wildman–Crippen MR) is 88.2 cm³/mol. The molecule has 0 bridgehead atoms. The maximum absolute atomic E-state index is 12.2. The molecule has 0 saturated carbocycles. The number of urea groups is 1. The molecule has 3 rings (SSSR count). The van der Waals surface area contributed by atoms with Crippen LogP contribution in [0, 0.1) is 0 Å². The lowest BCUT2D eigenvalue weighted by molar-refractivity contribution is -0.0377. The van der Waals surface area contributed by atoms with Gasteiger partial charge in [-0.15, -0.1) is 5.06 Å². The van der Waals surface area contributed by atoms with Gasteiger partial charge in [0, 0.05) is 17.6 Å². The SMILES string of the molecule is CCCCNC(=O)Nc1cc2c3c(cccc3c1)C(=O)N(O)C2=O. The Bertz CT molecular complexity index is 847. The summed E-state index contributed by atoms with van der Waals surface area (Å²) >= 11 is 0. The number of amides is 4. The van der Waals surface area contributed by atoms with Crippen LogP contribution < -0.4 is 10.6 Å². The van der Waals surface area contributed by atoms with E-state index in [1.165, 1.54) is 6.07 Å². The molecule has 3 N–H and O–H groups in total. The molecule has 124 valence electrons. The molecule has 2 aromatic rings. The Morgan fingerprint density at radius 2 is 1.92 bits per heavy atom. The van der Waals surface area contributed by atoms with E-state index in [1.54, 1.807) is 24.3 Å². The highest BCUT2D eigenvalue weighted by molar-refractivity contribution is 6.25. The van der Waals surface area contributed by atoms with Crippen LogP contribution in [0.15, 0.2) is 30.3 Å². The van der Waals surface area contributed by atoms with Gasteiger partial charge in [-0.05, 0) is 30.0 Å². The smallest absolute Gasteiger partial charge is 0.319 e. The van der Waals surface area contributed by atoms with E-state index < -0.39 is 11.8 Å². The van der Waals surface area contributed by atoms with Crippen LogP contribution in [-0.4, -0.2) is 34.7 Å². The first-order valence-electron chi connectivity index (χ1n) is 7.72. The van der Waals surface area contributed by atoms with Crippen LogP contribution in [0.5, 0.6) is 0 Å². The molecule has 7 nitrogen and oxygen atoms in total. The van der Waals surface area contributed by atoms with Crippen molar-refractivity contribution in [3.05, 3.63) is 41.5 Å². The monoisotopic (exact) mass is 327 g/mol. The van der Waals surface area contributed by atoms with Gasteiger partial charge in [0.15, 0.2) is 0 Å². The van der Waals surface area contributed by atoms with Gasteiger partial charge in [-0.2, -0.15) is 0 Å². The Morgan fingerprint density at radius 3 is 2.67 bits per heavy atom. The molecule has 0 spiro atoms. The Kier molecular flexibility index (Phi) is 4.18. The lowest BCUT2D eigenvalue weighted by atomic mass is 9.94. The van der Waals surface area contributed by atoms with Crippen LogP contribution in [0.4, 0.5) is 10.5 Å². The molecular weight excluding hydrogens is 310 g/mol. The molecule has 4 amide bonds. The topological polar surface area (TPSA) is 98.7 Å². The molecule has 0 aromatic heterocycles. The zero-order chi connectivity index (χ0) is 17.3. The maximum Gasteiger partial charge on any atom is 0.319 e. The normalized spacial score (nSPS) is 13.3. The Hall–Kier alpha value is -2.93. The van der Waals surface area contributed by atoms with Crippen molar-refractivity contribution < 1.29 is 19.6 Å². The Labute approximate surface area is 138 Å². The summed E-state index contributed by atoms with van der Waals surface area (Å²) in [7, 11) is 0. The summed E-state index contributed by atoms with van der Waals surface area (Å²) in [5, 5.41) is 16.3. The number of hydroxylamine groups is 2. The highest BCUT2D eigenvalue weighted by Crippen LogP contribution is 2.32. The number of hydrogen-bond acceptors (Lipinski definition) is 4. The van der Waals surface area contributed by atoms with Crippen molar-refractivity contribution in [2.45, 2.75) is 19.8 Å². The van der Waals surface area contributed by atoms with Crippen molar-refractivity contribution in [1.82, 2.24) is 10.4 Å². The van der Waals surface area contributed by atoms with Crippen molar-refractivity contribution in [1.29, 1.82) is 0 Å². The van der Waals surface area contributed by atoms with Crippen LogP contribution in [0.3, 0.4) is 0 Å². The van der Waals surface area contributed by atoms with Crippen LogP contribution in [0.2, 0.25) is 0 Å². The molecule has 0 atom stereocenters. The van der Waals surface area contributed by atoms with Gasteiger partial charge in [-0.25, -0.2) is 4.79 Å². The average Bonchev–Trinajstić information content (AvgIpc) is 2.57. The molecule has 0 saturated heterocycles. The van der Waals surface area contributed by atoms with Gasteiger partial charge in [-0.1, -0.05) is 25.5 Å². The largest absolute Gasteiger partial charge is 0.338 e. The molecule has 1 aliphatic rings. The minimum Gasteiger partial charge on any atom is -0.338 e. The van der Waals surface area contributed by atoms with E-state index in [9.17, 15) is 19.6 Å². The number of rotatable bonds is 4. The fourth-order valence-corrected chi connectivity index (χ4v) is 2.72. The van der Waals surface area contributed by atoms with Crippen LogP contribution in [0.1, 0.15) is 40.5 Å². The van der Waals surface area contributed by atoms with Gasteiger partial charge in [0.1, 0.15) is 0 Å². The van der Waals surface area contributed by atoms with Gasteiger partial charge in [-0.3, -0.25) is 14.8 Å². The lowest BCUT2D eigenvalue weighted by Crippen LogP contribution is -2.37. The number of benzene rings is 2. The van der Waals surface area contributed by atoms with Crippen LogP contribution >= 0.6 is 0 Å². The zero-order valence-electron chi connectivity index (χ0n) is 13.1. The first-order valence-corrected chi connectivity index (χ1v) is 7.72. The highest BCUT2D eigenvalue weighted by Gasteiger charge is 2.32. The Balaban J connectivity index is 1.98. The Morgan fingerprint density at radius 1 is 1.17 bits per heavy atom. The van der Waals surface area contributed by atoms with Crippen molar-refractivity contribution in [3.63, 3.8) is 0 Å². The van der Waals surface area contributed by atoms with E-state index >= 15 is 0 Å². The van der Waals surface area contributed by atoms with Crippen molar-refractivity contribution in [2.24, 2.45) is 0 Å². The molecule has 0 fully saturated rings. The van der Waals surface area contributed by atoms with Gasteiger partial charge in [0.05, 0.1) is 11.1 Å². The second kappa shape index (κ2) is 6.29. The van der Waals surface area contributed by atoms with Crippen molar-refractivity contribution in [2.75, 3.05) is 11.9 Å². The first-order chi connectivity index (χ1) is 11.5. The van der Waals surface area contributed by atoms with Gasteiger partial charge in [0.2, 0.25) is 0 Å². The third kappa shape index (κ3) is 2.69. The quantitative estimate of drug-likeness (QED) is 0.457. The second-order valence-corrected chi connectivity index (χ2v) is 5.58. The number of nitrogens with zero attached hydrogens (tertiary/aromatic N) is 1. The van der Waals surface area contributed by atoms with Crippen LogP contribution in [-0.2, 0) is 0 Å². The summed E-state index contributed by atoms with van der Waals surface area (Å²) in [6.07, 6.45) is 1.85. The summed E-state index contributed by atoms with van der Waals surface area (Å²) in [4.78, 5) is 36.1. The number of imide groups is 1. The number of nitrogens with one attached hydrogen (secondary N) is 2. The van der Waals surface area contributed by atoms with Crippen molar-refractivity contribution in [3.8, 4) is 0 Å². The second-order valence-electron chi connectivity index (χ2n) is 5.58. The third-order valence-corrected chi connectivity index (χ3v) is 3.90. The molecule has 1 aliphatic heterocycles. The van der Waals surface area contributed by atoms with Crippen molar-refractivity contribution >= 4 is 34.3 Å². The lowest BCUT2D eigenvalue weighted by Gasteiger charge is -2.22. The number of anilines is 1. The van der Waals surface area contributed by atoms with Gasteiger partial charge < -0.3 is 10.6 Å². The minimum absolute atomic E-state index is 0.0994. The highest BCUT2D eigenvalue weighted by atomic mass is 16.5. The summed E-state index contributed by atoms with van der Waals surface area (Å²) in [6.45, 7) is 2.59. The molecule has 2 aromatic carbocycles. The molecular formula is C17H17N3O4. The summed E-state index contributed by atoms with van der Waals surface area (Å²) in [5.41, 5.74) is 0.845. The van der Waals surface area contributed by atoms with E-state index in [0.717, 1.165) is 12.8 Å². The standard InChI is InChI=1S/C17H17N3O4/c1-2-3-7-18-17(23)19-11-8-10-5-4-6-12-14(10)13(9-11)16(22)20(24)15(12)21/h4-6,8-9,24H,2-3,7H2,1H3,(H2,18,19,23).